The Morgan fingerprint density at radius 1 is 1.62 bits per heavy atom. The average Bonchev–Trinajstić information content (AvgIpc) is 2.88. The van der Waals surface area contributed by atoms with Crippen LogP contribution in [0.15, 0.2) is 18.6 Å². The molecule has 1 aromatic rings. The Kier molecular flexibility index (Phi) is 4.74. The van der Waals surface area contributed by atoms with Crippen molar-refractivity contribution in [2.45, 2.75) is 38.0 Å². The minimum atomic E-state index is -1.38. The van der Waals surface area contributed by atoms with Gasteiger partial charge < -0.3 is 20.1 Å². The quantitative estimate of drug-likeness (QED) is 0.792. The van der Waals surface area contributed by atoms with Crippen molar-refractivity contribution < 1.29 is 14.6 Å². The smallest absolute Gasteiger partial charge is 0.251 e. The predicted molar refractivity (Wildman–Crippen MR) is 77.9 cm³/mol. The van der Waals surface area contributed by atoms with Crippen LogP contribution in [0, 0.1) is 0 Å². The number of rotatable bonds is 5. The largest absolute Gasteiger partial charge is 0.381 e. The molecule has 1 aliphatic heterocycles. The molecule has 1 fully saturated rings. The number of anilines is 1. The van der Waals surface area contributed by atoms with Gasteiger partial charge in [-0.1, -0.05) is 0 Å². The molecule has 0 aliphatic carbocycles. The van der Waals surface area contributed by atoms with Crippen molar-refractivity contribution in [2.75, 3.05) is 25.1 Å². The highest BCUT2D eigenvalue weighted by atomic mass is 16.5. The zero-order valence-electron chi connectivity index (χ0n) is 12.6. The number of nitrogens with one attached hydrogen (secondary N) is 1. The molecule has 0 unspecified atom stereocenters. The van der Waals surface area contributed by atoms with Gasteiger partial charge >= 0.3 is 0 Å². The lowest BCUT2D eigenvalue weighted by Crippen LogP contribution is -2.47. The molecule has 0 radical (unpaired) electrons. The molecule has 116 valence electrons. The fourth-order valence-corrected chi connectivity index (χ4v) is 2.40. The lowest BCUT2D eigenvalue weighted by molar-refractivity contribution is -0.136. The van der Waals surface area contributed by atoms with Crippen molar-refractivity contribution >= 4 is 11.7 Å². The van der Waals surface area contributed by atoms with Crippen LogP contribution in [0.25, 0.3) is 0 Å². The van der Waals surface area contributed by atoms with E-state index in [1.165, 1.54) is 20.2 Å². The maximum Gasteiger partial charge on any atom is 0.251 e. The van der Waals surface area contributed by atoms with E-state index in [0.717, 1.165) is 18.8 Å². The summed E-state index contributed by atoms with van der Waals surface area (Å²) in [6, 6.07) is 1.92. The van der Waals surface area contributed by atoms with Crippen LogP contribution < -0.4 is 10.2 Å². The normalized spacial score (nSPS) is 22.4. The van der Waals surface area contributed by atoms with Gasteiger partial charge in [0.25, 0.3) is 5.91 Å². The van der Waals surface area contributed by atoms with Gasteiger partial charge in [0, 0.05) is 26.4 Å². The standard InChI is InChI=1S/C14H22N4O3/c1-14(2,20)13(19)16-7-10-6-11(21-3)8-18(10)12-4-5-15-9-17-12/h4-5,9-11,20H,6-8H2,1-3H3,(H,16,19)/t10-,11-/m1/s1. The maximum absolute atomic E-state index is 11.8. The molecular weight excluding hydrogens is 272 g/mol. The van der Waals surface area contributed by atoms with Gasteiger partial charge in [0.15, 0.2) is 0 Å². The number of hydrogen-bond acceptors (Lipinski definition) is 6. The fourth-order valence-electron chi connectivity index (χ4n) is 2.40. The van der Waals surface area contributed by atoms with Crippen LogP contribution in [0.1, 0.15) is 20.3 Å². The molecule has 7 nitrogen and oxygen atoms in total. The minimum absolute atomic E-state index is 0.0798. The first-order chi connectivity index (χ1) is 9.91. The van der Waals surface area contributed by atoms with Crippen LogP contribution >= 0.6 is 0 Å². The summed E-state index contributed by atoms with van der Waals surface area (Å²) in [5.41, 5.74) is -1.38. The number of carbonyl (C=O) groups is 1. The molecule has 2 N–H and O–H groups in total. The number of carbonyl (C=O) groups excluding carboxylic acids is 1. The van der Waals surface area contributed by atoms with E-state index in [-0.39, 0.29) is 18.1 Å². The number of aliphatic hydroxyl groups is 1. The molecule has 1 amide bonds. The molecular formula is C14H22N4O3. The van der Waals surface area contributed by atoms with Crippen molar-refractivity contribution in [2.24, 2.45) is 0 Å². The molecule has 7 heteroatoms. The van der Waals surface area contributed by atoms with Gasteiger partial charge in [-0.05, 0) is 26.3 Å². The molecule has 1 saturated heterocycles. The second kappa shape index (κ2) is 6.36. The molecule has 0 saturated carbocycles. The summed E-state index contributed by atoms with van der Waals surface area (Å²) >= 11 is 0. The third kappa shape index (κ3) is 3.89. The molecule has 0 aromatic carbocycles. The monoisotopic (exact) mass is 294 g/mol. The summed E-state index contributed by atoms with van der Waals surface area (Å²) in [7, 11) is 1.68. The summed E-state index contributed by atoms with van der Waals surface area (Å²) in [5.74, 6) is 0.429. The summed E-state index contributed by atoms with van der Waals surface area (Å²) in [6.45, 7) is 4.09. The number of nitrogens with zero attached hydrogens (tertiary/aromatic N) is 3. The van der Waals surface area contributed by atoms with Crippen LogP contribution in [0.3, 0.4) is 0 Å². The topological polar surface area (TPSA) is 87.6 Å². The second-order valence-electron chi connectivity index (χ2n) is 5.74. The van der Waals surface area contributed by atoms with E-state index in [1.54, 1.807) is 13.3 Å². The zero-order chi connectivity index (χ0) is 15.5. The first kappa shape index (κ1) is 15.7. The maximum atomic E-state index is 11.8. The second-order valence-corrected chi connectivity index (χ2v) is 5.74. The molecule has 1 aliphatic rings. The number of amides is 1. The van der Waals surface area contributed by atoms with E-state index in [2.05, 4.69) is 20.2 Å². The van der Waals surface area contributed by atoms with Gasteiger partial charge in [0.05, 0.1) is 12.1 Å². The highest BCUT2D eigenvalue weighted by Crippen LogP contribution is 2.24. The molecule has 2 heterocycles. The zero-order valence-corrected chi connectivity index (χ0v) is 12.6. The summed E-state index contributed by atoms with van der Waals surface area (Å²) in [6.07, 6.45) is 4.09. The minimum Gasteiger partial charge on any atom is -0.381 e. The molecule has 2 atom stereocenters. The van der Waals surface area contributed by atoms with E-state index in [1.807, 2.05) is 6.07 Å². The van der Waals surface area contributed by atoms with Crippen molar-refractivity contribution in [1.82, 2.24) is 15.3 Å². The summed E-state index contributed by atoms with van der Waals surface area (Å²) < 4.78 is 5.42. The van der Waals surface area contributed by atoms with E-state index < -0.39 is 5.60 Å². The molecule has 21 heavy (non-hydrogen) atoms. The Bertz CT molecular complexity index is 475. The summed E-state index contributed by atoms with van der Waals surface area (Å²) in [5, 5.41) is 12.4. The lowest BCUT2D eigenvalue weighted by atomic mass is 10.1. The van der Waals surface area contributed by atoms with Gasteiger partial charge in [0.1, 0.15) is 17.7 Å². The Morgan fingerprint density at radius 2 is 2.38 bits per heavy atom. The predicted octanol–water partition coefficient (Wildman–Crippen LogP) is -0.0426. The third-order valence-electron chi connectivity index (χ3n) is 3.62. The van der Waals surface area contributed by atoms with Crippen LogP contribution in [-0.2, 0) is 9.53 Å². The van der Waals surface area contributed by atoms with Crippen molar-refractivity contribution in [3.63, 3.8) is 0 Å². The average molecular weight is 294 g/mol. The number of hydrogen-bond donors (Lipinski definition) is 2. The van der Waals surface area contributed by atoms with Crippen LogP contribution in [0.5, 0.6) is 0 Å². The Balaban J connectivity index is 2.03. The molecule has 0 bridgehead atoms. The molecule has 0 spiro atoms. The Labute approximate surface area is 124 Å². The number of methoxy groups -OCH3 is 1. The fraction of sp³-hybridized carbons (Fsp3) is 0.643. The van der Waals surface area contributed by atoms with Gasteiger partial charge in [-0.3, -0.25) is 4.79 Å². The highest BCUT2D eigenvalue weighted by Gasteiger charge is 2.34. The number of aromatic nitrogens is 2. The van der Waals surface area contributed by atoms with Crippen LogP contribution in [0.4, 0.5) is 5.82 Å². The molecule has 1 aromatic heterocycles. The SMILES string of the molecule is CO[C@@H]1C[C@H](CNC(=O)C(C)(C)O)N(c2ccncn2)C1. The van der Waals surface area contributed by atoms with Gasteiger partial charge in [-0.25, -0.2) is 9.97 Å². The molecule has 2 rings (SSSR count). The van der Waals surface area contributed by atoms with Crippen molar-refractivity contribution in [1.29, 1.82) is 0 Å². The van der Waals surface area contributed by atoms with E-state index >= 15 is 0 Å². The summed E-state index contributed by atoms with van der Waals surface area (Å²) in [4.78, 5) is 22.0. The van der Waals surface area contributed by atoms with Gasteiger partial charge in [0.2, 0.25) is 0 Å². The Hall–Kier alpha value is -1.73. The highest BCUT2D eigenvalue weighted by molar-refractivity contribution is 5.83. The first-order valence-corrected chi connectivity index (χ1v) is 6.98. The number of ether oxygens (including phenoxy) is 1. The van der Waals surface area contributed by atoms with Crippen molar-refractivity contribution in [3.05, 3.63) is 18.6 Å². The first-order valence-electron chi connectivity index (χ1n) is 6.98. The van der Waals surface area contributed by atoms with E-state index in [9.17, 15) is 9.90 Å². The van der Waals surface area contributed by atoms with E-state index in [0.29, 0.717) is 6.54 Å². The third-order valence-corrected chi connectivity index (χ3v) is 3.62. The van der Waals surface area contributed by atoms with Crippen molar-refractivity contribution in [3.8, 4) is 0 Å². The van der Waals surface area contributed by atoms with Gasteiger partial charge in [-0.15, -0.1) is 0 Å². The van der Waals surface area contributed by atoms with E-state index in [4.69, 9.17) is 4.74 Å². The Morgan fingerprint density at radius 3 is 2.95 bits per heavy atom. The lowest BCUT2D eigenvalue weighted by Gasteiger charge is -2.26. The van der Waals surface area contributed by atoms with Crippen LogP contribution in [0.2, 0.25) is 0 Å². The van der Waals surface area contributed by atoms with Crippen LogP contribution in [-0.4, -0.2) is 58.9 Å². The van der Waals surface area contributed by atoms with Gasteiger partial charge in [-0.2, -0.15) is 0 Å².